The highest BCUT2D eigenvalue weighted by Crippen LogP contribution is 2.29. The summed E-state index contributed by atoms with van der Waals surface area (Å²) in [5.74, 6) is 3.66. The second-order valence-corrected chi connectivity index (χ2v) is 17.1. The minimum atomic E-state index is -0.125. The number of thiazole rings is 3. The summed E-state index contributed by atoms with van der Waals surface area (Å²) < 4.78 is 21.0. The van der Waals surface area contributed by atoms with Crippen LogP contribution in [0.4, 0.5) is 0 Å². The largest absolute Gasteiger partial charge is 0.493 e. The number of carbonyl (C=O) groups excluding carboxylic acids is 2. The summed E-state index contributed by atoms with van der Waals surface area (Å²) in [6, 6.07) is 11.3. The van der Waals surface area contributed by atoms with Crippen molar-refractivity contribution in [2.75, 3.05) is 28.4 Å². The van der Waals surface area contributed by atoms with Gasteiger partial charge in [-0.1, -0.05) is 47.6 Å². The lowest BCUT2D eigenvalue weighted by Crippen LogP contribution is -2.40. The SMILES string of the molecule is CC(C)[C@@H](N)Cc1cscn1.COc1ccc(C(=O)N[C@@H](Cc2cscn2)C(C)C)cc1OC.COc1ccc(CCC(=O)N[C@@H](Cc2cscn2)C(C)C)cc1OC. The zero-order valence-corrected chi connectivity index (χ0v) is 38.5. The van der Waals surface area contributed by atoms with Gasteiger partial charge in [0, 0.05) is 65.5 Å². The van der Waals surface area contributed by atoms with Crippen LogP contribution in [0.1, 0.15) is 81.0 Å². The van der Waals surface area contributed by atoms with E-state index in [4.69, 9.17) is 24.7 Å². The van der Waals surface area contributed by atoms with Crippen LogP contribution >= 0.6 is 34.0 Å². The van der Waals surface area contributed by atoms with E-state index in [2.05, 4.69) is 72.5 Å². The van der Waals surface area contributed by atoms with Crippen LogP contribution in [-0.2, 0) is 30.5 Å². The van der Waals surface area contributed by atoms with Gasteiger partial charge in [0.05, 0.1) is 62.1 Å². The highest BCUT2D eigenvalue weighted by molar-refractivity contribution is 7.08. The van der Waals surface area contributed by atoms with Crippen LogP contribution in [0, 0.1) is 17.8 Å². The molecule has 3 heterocycles. The van der Waals surface area contributed by atoms with E-state index in [1.165, 1.54) is 0 Å². The summed E-state index contributed by atoms with van der Waals surface area (Å²) in [4.78, 5) is 37.7. The van der Waals surface area contributed by atoms with E-state index in [0.29, 0.717) is 59.2 Å². The summed E-state index contributed by atoms with van der Waals surface area (Å²) >= 11 is 4.77. The summed E-state index contributed by atoms with van der Waals surface area (Å²) in [6.07, 6.45) is 3.49. The van der Waals surface area contributed by atoms with Gasteiger partial charge >= 0.3 is 0 Å². The van der Waals surface area contributed by atoms with E-state index >= 15 is 0 Å². The van der Waals surface area contributed by atoms with Gasteiger partial charge in [-0.15, -0.1) is 34.0 Å². The predicted molar refractivity (Wildman–Crippen MR) is 241 cm³/mol. The summed E-state index contributed by atoms with van der Waals surface area (Å²) in [6.45, 7) is 12.7. The Morgan fingerprint density at radius 3 is 1.51 bits per heavy atom. The van der Waals surface area contributed by atoms with Gasteiger partial charge in [0.2, 0.25) is 5.91 Å². The molecule has 0 spiro atoms. The molecule has 0 fully saturated rings. The number of amides is 2. The van der Waals surface area contributed by atoms with E-state index in [1.807, 2.05) is 45.5 Å². The number of nitrogens with one attached hydrogen (secondary N) is 2. The maximum Gasteiger partial charge on any atom is 0.251 e. The minimum Gasteiger partial charge on any atom is -0.493 e. The Kier molecular flexibility index (Phi) is 21.3. The monoisotopic (exact) mass is 866 g/mol. The molecule has 2 aromatic carbocycles. The van der Waals surface area contributed by atoms with Crippen molar-refractivity contribution in [3.05, 3.63) is 97.3 Å². The quantitative estimate of drug-likeness (QED) is 0.0737. The lowest BCUT2D eigenvalue weighted by atomic mass is 9.99. The van der Waals surface area contributed by atoms with Crippen molar-refractivity contribution in [1.29, 1.82) is 0 Å². The molecule has 5 rings (SSSR count). The highest BCUT2D eigenvalue weighted by atomic mass is 32.1. The summed E-state index contributed by atoms with van der Waals surface area (Å²) in [5.41, 5.74) is 16.1. The van der Waals surface area contributed by atoms with E-state index < -0.39 is 0 Å². The van der Waals surface area contributed by atoms with Crippen molar-refractivity contribution in [2.45, 2.75) is 91.8 Å². The van der Waals surface area contributed by atoms with Crippen LogP contribution in [0.3, 0.4) is 0 Å². The van der Waals surface area contributed by atoms with Gasteiger partial charge in [-0.3, -0.25) is 9.59 Å². The molecule has 322 valence electrons. The van der Waals surface area contributed by atoms with E-state index in [0.717, 1.165) is 41.9 Å². The molecule has 0 unspecified atom stereocenters. The fourth-order valence-corrected chi connectivity index (χ4v) is 7.37. The first-order valence-electron chi connectivity index (χ1n) is 19.7. The normalized spacial score (nSPS) is 12.4. The molecular weight excluding hydrogens is 805 g/mol. The Hall–Kier alpha value is -4.57. The van der Waals surface area contributed by atoms with Gasteiger partial charge in [0.15, 0.2) is 23.0 Å². The first-order valence-corrected chi connectivity index (χ1v) is 22.5. The molecule has 3 atom stereocenters. The molecule has 3 aromatic heterocycles. The second-order valence-electron chi connectivity index (χ2n) is 15.0. The maximum absolute atomic E-state index is 12.5. The summed E-state index contributed by atoms with van der Waals surface area (Å²) in [7, 11) is 6.35. The Labute approximate surface area is 362 Å². The van der Waals surface area contributed by atoms with Crippen molar-refractivity contribution in [3.63, 3.8) is 0 Å². The molecule has 0 bridgehead atoms. The van der Waals surface area contributed by atoms with Crippen molar-refractivity contribution in [2.24, 2.45) is 23.5 Å². The Bertz CT molecular complexity index is 1920. The number of aromatic nitrogens is 3. The zero-order valence-electron chi connectivity index (χ0n) is 36.0. The van der Waals surface area contributed by atoms with Crippen molar-refractivity contribution >= 4 is 45.8 Å². The predicted octanol–water partition coefficient (Wildman–Crippen LogP) is 8.30. The van der Waals surface area contributed by atoms with Crippen LogP contribution in [0.2, 0.25) is 0 Å². The second kappa shape index (κ2) is 25.8. The third kappa shape index (κ3) is 16.9. The summed E-state index contributed by atoms with van der Waals surface area (Å²) in [5, 5.41) is 12.3. The lowest BCUT2D eigenvalue weighted by Gasteiger charge is -2.22. The molecule has 15 heteroatoms. The van der Waals surface area contributed by atoms with Crippen LogP contribution in [0.25, 0.3) is 0 Å². The van der Waals surface area contributed by atoms with Crippen molar-refractivity contribution in [1.82, 2.24) is 25.6 Å². The molecule has 4 N–H and O–H groups in total. The number of hydrogen-bond acceptors (Lipinski definition) is 13. The maximum atomic E-state index is 12.5. The Balaban J connectivity index is 0.000000253. The number of ether oxygens (including phenoxy) is 4. The van der Waals surface area contributed by atoms with Gasteiger partial charge in [-0.05, 0) is 60.1 Å². The molecular formula is C44H62N6O6S3. The Morgan fingerprint density at radius 2 is 1.07 bits per heavy atom. The van der Waals surface area contributed by atoms with Gasteiger partial charge in [0.1, 0.15) is 0 Å². The smallest absolute Gasteiger partial charge is 0.251 e. The van der Waals surface area contributed by atoms with Gasteiger partial charge in [-0.2, -0.15) is 0 Å². The number of nitrogens with two attached hydrogens (primary N) is 1. The molecule has 0 aliphatic carbocycles. The topological polar surface area (TPSA) is 160 Å². The molecule has 0 radical (unpaired) electrons. The van der Waals surface area contributed by atoms with Gasteiger partial charge in [-0.25, -0.2) is 15.0 Å². The van der Waals surface area contributed by atoms with E-state index in [1.54, 1.807) is 80.6 Å². The molecule has 5 aromatic rings. The average Bonchev–Trinajstić information content (AvgIpc) is 4.05. The van der Waals surface area contributed by atoms with Crippen molar-refractivity contribution < 1.29 is 28.5 Å². The van der Waals surface area contributed by atoms with Gasteiger partial charge in [0.25, 0.3) is 5.91 Å². The average molecular weight is 867 g/mol. The first-order chi connectivity index (χ1) is 28.3. The molecule has 0 aliphatic heterocycles. The van der Waals surface area contributed by atoms with E-state index in [-0.39, 0.29) is 29.9 Å². The third-order valence-electron chi connectivity index (χ3n) is 9.62. The van der Waals surface area contributed by atoms with Crippen LogP contribution in [-0.4, -0.2) is 73.3 Å². The van der Waals surface area contributed by atoms with Crippen LogP contribution in [0.5, 0.6) is 23.0 Å². The molecule has 0 aliphatic rings. The molecule has 2 amide bonds. The zero-order chi connectivity index (χ0) is 43.3. The fourth-order valence-electron chi connectivity index (χ4n) is 5.65. The van der Waals surface area contributed by atoms with Crippen LogP contribution < -0.4 is 35.3 Å². The molecule has 0 saturated carbocycles. The number of hydrogen-bond donors (Lipinski definition) is 3. The lowest BCUT2D eigenvalue weighted by molar-refractivity contribution is -0.122. The number of benzene rings is 2. The van der Waals surface area contributed by atoms with Gasteiger partial charge < -0.3 is 35.3 Å². The first kappa shape index (κ1) is 48.8. The molecule has 0 saturated heterocycles. The minimum absolute atomic E-state index is 0.0256. The standard InChI is InChI=1S/C19H26N2O3S.C17H22N2O3S.C8H14N2S/c1-13(2)16(10-15-11-25-12-20-15)21-19(22)8-6-14-5-7-17(23-3)18(9-14)24-4;1-11(2)14(8-13-9-23-10-18-13)19-17(20)12-5-6-15(21-3)16(7-12)22-4;1-6(2)8(9)3-7-4-11-5-10-7/h5,7,9,11-13,16H,6,8,10H2,1-4H3,(H,21,22);5-7,9-11,14H,8H2,1-4H3,(H,19,20);4-6,8H,3,9H2,1-2H3/t16-;14-;8-/m000/s1. The molecule has 59 heavy (non-hydrogen) atoms. The highest BCUT2D eigenvalue weighted by Gasteiger charge is 2.20. The number of rotatable bonds is 19. The van der Waals surface area contributed by atoms with E-state index in [9.17, 15) is 9.59 Å². The van der Waals surface area contributed by atoms with Crippen LogP contribution in [0.15, 0.2) is 69.1 Å². The number of carbonyl (C=O) groups is 2. The number of nitrogens with zero attached hydrogens (tertiary/aromatic N) is 3. The Morgan fingerprint density at radius 1 is 0.610 bits per heavy atom. The number of methoxy groups -OCH3 is 4. The third-order valence-corrected chi connectivity index (χ3v) is 11.5. The fraction of sp³-hybridized carbons (Fsp3) is 0.477. The molecule has 12 nitrogen and oxygen atoms in total. The number of aryl methyl sites for hydroxylation is 1. The van der Waals surface area contributed by atoms with Crippen molar-refractivity contribution in [3.8, 4) is 23.0 Å².